The van der Waals surface area contributed by atoms with Gasteiger partial charge in [-0.1, -0.05) is 56.8 Å². The Bertz CT molecular complexity index is 670. The van der Waals surface area contributed by atoms with Crippen LogP contribution in [0.2, 0.25) is 0 Å². The highest BCUT2D eigenvalue weighted by Gasteiger charge is 2.07. The molecule has 0 aromatic heterocycles. The van der Waals surface area contributed by atoms with Gasteiger partial charge in [-0.15, -0.1) is 0 Å². The van der Waals surface area contributed by atoms with Crippen LogP contribution in [0.5, 0.6) is 0 Å². The highest BCUT2D eigenvalue weighted by Crippen LogP contribution is 2.26. The molecule has 0 radical (unpaired) electrons. The summed E-state index contributed by atoms with van der Waals surface area (Å²) in [5.41, 5.74) is 1.06. The highest BCUT2D eigenvalue weighted by molar-refractivity contribution is 7.99. The molecule has 2 nitrogen and oxygen atoms in total. The Morgan fingerprint density at radius 1 is 1.00 bits per heavy atom. The van der Waals surface area contributed by atoms with Crippen LogP contribution < -0.4 is 0 Å². The quantitative estimate of drug-likeness (QED) is 0.783. The standard InChI is InChI=1S/C14H14OS.C2H6.CH2O/c1-4-11-7-5-9-13-12(11)8-6-10-14(13)16(2,3)15;2*1-2/h4-10H,1-2H2,3H3;1-2H3;1H2. The molecule has 20 heavy (non-hydrogen) atoms. The summed E-state index contributed by atoms with van der Waals surface area (Å²) < 4.78 is 12.1. The van der Waals surface area contributed by atoms with Crippen molar-refractivity contribution in [3.8, 4) is 0 Å². The molecule has 0 spiro atoms. The van der Waals surface area contributed by atoms with E-state index in [1.807, 2.05) is 63.1 Å². The maximum atomic E-state index is 12.1. The van der Waals surface area contributed by atoms with Crippen molar-refractivity contribution in [2.75, 3.05) is 6.26 Å². The Morgan fingerprint density at radius 2 is 1.50 bits per heavy atom. The second-order valence-corrected chi connectivity index (χ2v) is 6.36. The van der Waals surface area contributed by atoms with Gasteiger partial charge in [0.25, 0.3) is 0 Å². The fourth-order valence-corrected chi connectivity index (χ4v) is 2.87. The maximum Gasteiger partial charge on any atom is 0.106 e. The van der Waals surface area contributed by atoms with Gasteiger partial charge in [0.2, 0.25) is 0 Å². The van der Waals surface area contributed by atoms with Crippen molar-refractivity contribution in [3.63, 3.8) is 0 Å². The molecule has 0 saturated heterocycles. The summed E-state index contributed by atoms with van der Waals surface area (Å²) in [5.74, 6) is 3.75. The number of hydrogen-bond donors (Lipinski definition) is 0. The molecule has 108 valence electrons. The zero-order valence-electron chi connectivity index (χ0n) is 12.4. The summed E-state index contributed by atoms with van der Waals surface area (Å²) >= 11 is 0. The summed E-state index contributed by atoms with van der Waals surface area (Å²) in [4.78, 5) is 8.81. The molecule has 0 amide bonds. The molecule has 0 aliphatic carbocycles. The van der Waals surface area contributed by atoms with Gasteiger partial charge in [-0.25, -0.2) is 0 Å². The average Bonchev–Trinajstić information content (AvgIpc) is 2.49. The molecule has 1 atom stereocenters. The molecule has 2 rings (SSSR count). The molecule has 0 bridgehead atoms. The minimum absolute atomic E-state index is 0.814. The van der Waals surface area contributed by atoms with Crippen LogP contribution in [0.4, 0.5) is 0 Å². The normalized spacial score (nSPS) is 12.2. The fraction of sp³-hybridized carbons (Fsp3) is 0.176. The van der Waals surface area contributed by atoms with Crippen LogP contribution in [0.15, 0.2) is 47.9 Å². The van der Waals surface area contributed by atoms with Crippen LogP contribution in [-0.4, -0.2) is 23.1 Å². The van der Waals surface area contributed by atoms with Gasteiger partial charge in [-0.3, -0.25) is 4.21 Å². The molecule has 0 heterocycles. The second-order valence-electron chi connectivity index (χ2n) is 3.91. The van der Waals surface area contributed by atoms with Crippen molar-refractivity contribution in [1.82, 2.24) is 0 Å². The van der Waals surface area contributed by atoms with Crippen LogP contribution in [0.25, 0.3) is 16.8 Å². The maximum absolute atomic E-state index is 12.1. The van der Waals surface area contributed by atoms with Crippen molar-refractivity contribution >= 4 is 39.0 Å². The number of fused-ring (bicyclic) bond motifs is 1. The Morgan fingerprint density at radius 3 is 2.00 bits per heavy atom. The van der Waals surface area contributed by atoms with Crippen molar-refractivity contribution < 1.29 is 9.00 Å². The lowest BCUT2D eigenvalue weighted by Crippen LogP contribution is -1.97. The lowest BCUT2D eigenvalue weighted by Gasteiger charge is -2.09. The van der Waals surface area contributed by atoms with E-state index >= 15 is 0 Å². The molecule has 3 heteroatoms. The monoisotopic (exact) mass is 290 g/mol. The van der Waals surface area contributed by atoms with E-state index in [1.165, 1.54) is 0 Å². The molecule has 0 fully saturated rings. The van der Waals surface area contributed by atoms with E-state index in [2.05, 4.69) is 12.4 Å². The lowest BCUT2D eigenvalue weighted by atomic mass is 10.0. The first-order chi connectivity index (χ1) is 9.54. The first kappa shape index (κ1) is 18.1. The van der Waals surface area contributed by atoms with E-state index < -0.39 is 9.52 Å². The number of carbonyl (C=O) groups is 1. The Labute approximate surface area is 122 Å². The van der Waals surface area contributed by atoms with E-state index in [0.29, 0.717) is 0 Å². The summed E-state index contributed by atoms with van der Waals surface area (Å²) in [6, 6.07) is 11.7. The summed E-state index contributed by atoms with van der Waals surface area (Å²) in [5, 5.41) is 2.08. The number of carbonyl (C=O) groups excluding carboxylic acids is 1. The molecular formula is C17H22O2S. The second kappa shape index (κ2) is 8.33. The van der Waals surface area contributed by atoms with E-state index in [1.54, 1.807) is 6.26 Å². The summed E-state index contributed by atoms with van der Waals surface area (Å²) in [7, 11) is -2.19. The van der Waals surface area contributed by atoms with E-state index in [-0.39, 0.29) is 0 Å². The van der Waals surface area contributed by atoms with Gasteiger partial charge in [0, 0.05) is 11.2 Å². The van der Waals surface area contributed by atoms with Crippen LogP contribution in [0.1, 0.15) is 19.4 Å². The van der Waals surface area contributed by atoms with Crippen LogP contribution in [0, 0.1) is 0 Å². The molecule has 1 unspecified atom stereocenters. The minimum Gasteiger partial charge on any atom is -0.307 e. The molecule has 2 aromatic carbocycles. The molecule has 0 saturated carbocycles. The third-order valence-corrected chi connectivity index (χ3v) is 3.89. The molecule has 0 N–H and O–H groups in total. The Balaban J connectivity index is 0.000000829. The Hall–Kier alpha value is -1.87. The SMILES string of the molecule is C=Cc1cccc2c(S(=C)(C)=O)cccc12.C=O.CC. The smallest absolute Gasteiger partial charge is 0.106 e. The van der Waals surface area contributed by atoms with Crippen molar-refractivity contribution in [3.05, 3.63) is 48.5 Å². The van der Waals surface area contributed by atoms with Crippen LogP contribution >= 0.6 is 0 Å². The predicted molar refractivity (Wildman–Crippen MR) is 92.0 cm³/mol. The average molecular weight is 290 g/mol. The molecule has 0 aliphatic rings. The van der Waals surface area contributed by atoms with Gasteiger partial charge >= 0.3 is 0 Å². The van der Waals surface area contributed by atoms with E-state index in [9.17, 15) is 4.21 Å². The van der Waals surface area contributed by atoms with Crippen molar-refractivity contribution in [1.29, 1.82) is 0 Å². The van der Waals surface area contributed by atoms with Crippen LogP contribution in [-0.2, 0) is 14.3 Å². The third kappa shape index (κ3) is 4.07. The van der Waals surface area contributed by atoms with Gasteiger partial charge in [-0.05, 0) is 37.8 Å². The first-order valence-corrected chi connectivity index (χ1v) is 8.43. The lowest BCUT2D eigenvalue weighted by molar-refractivity contribution is -0.0979. The molecular weight excluding hydrogens is 268 g/mol. The fourth-order valence-electron chi connectivity index (χ4n) is 1.86. The van der Waals surface area contributed by atoms with Gasteiger partial charge in [-0.2, -0.15) is 0 Å². The van der Waals surface area contributed by atoms with Gasteiger partial charge in [0.1, 0.15) is 6.79 Å². The van der Waals surface area contributed by atoms with Crippen LogP contribution in [0.3, 0.4) is 0 Å². The van der Waals surface area contributed by atoms with Crippen molar-refractivity contribution in [2.24, 2.45) is 0 Å². The number of rotatable bonds is 2. The molecule has 0 aliphatic heterocycles. The zero-order valence-corrected chi connectivity index (χ0v) is 13.2. The first-order valence-electron chi connectivity index (χ1n) is 6.29. The topological polar surface area (TPSA) is 34.1 Å². The molecule has 2 aromatic rings. The van der Waals surface area contributed by atoms with E-state index in [4.69, 9.17) is 4.79 Å². The minimum atomic E-state index is -2.19. The Kier molecular flexibility index (Phi) is 7.55. The van der Waals surface area contributed by atoms with Crippen molar-refractivity contribution in [2.45, 2.75) is 18.7 Å². The van der Waals surface area contributed by atoms with E-state index in [0.717, 1.165) is 21.2 Å². The van der Waals surface area contributed by atoms with Gasteiger partial charge in [0.15, 0.2) is 0 Å². The highest BCUT2D eigenvalue weighted by atomic mass is 32.2. The largest absolute Gasteiger partial charge is 0.307 e. The third-order valence-electron chi connectivity index (χ3n) is 2.60. The number of benzene rings is 2. The predicted octanol–water partition coefficient (Wildman–Crippen LogP) is 4.03. The van der Waals surface area contributed by atoms with Gasteiger partial charge in [0.05, 0.1) is 0 Å². The zero-order chi connectivity index (χ0) is 15.8. The summed E-state index contributed by atoms with van der Waals surface area (Å²) in [6.45, 7) is 9.79. The van der Waals surface area contributed by atoms with Gasteiger partial charge < -0.3 is 4.79 Å². The summed E-state index contributed by atoms with van der Waals surface area (Å²) in [6.07, 6.45) is 3.48. The number of hydrogen-bond acceptors (Lipinski definition) is 2.